The average Bonchev–Trinajstić information content (AvgIpc) is 3.81. The summed E-state index contributed by atoms with van der Waals surface area (Å²) in [6, 6.07) is 72.3. The molecule has 0 saturated carbocycles. The van der Waals surface area contributed by atoms with Crippen LogP contribution in [0, 0.1) is 0 Å². The van der Waals surface area contributed by atoms with Gasteiger partial charge in [-0.05, 0) is 45.0 Å². The lowest BCUT2D eigenvalue weighted by Crippen LogP contribution is -2.76. The molecular formula is C51H33N5Si. The molecule has 1 unspecified atom stereocenters. The first kappa shape index (κ1) is 31.9. The van der Waals surface area contributed by atoms with Crippen molar-refractivity contribution in [1.29, 1.82) is 0 Å². The Morgan fingerprint density at radius 3 is 1.56 bits per heavy atom. The number of hydrogen-bond acceptors (Lipinski definition) is 3. The van der Waals surface area contributed by atoms with Crippen molar-refractivity contribution in [3.05, 3.63) is 200 Å². The number of benzene rings is 8. The van der Waals surface area contributed by atoms with E-state index in [2.05, 4.69) is 191 Å². The molecule has 0 bridgehead atoms. The van der Waals surface area contributed by atoms with Gasteiger partial charge in [-0.3, -0.25) is 4.57 Å². The second-order valence-electron chi connectivity index (χ2n) is 14.8. The maximum atomic E-state index is 5.35. The average molecular weight is 744 g/mol. The van der Waals surface area contributed by atoms with Gasteiger partial charge in [-0.25, -0.2) is 4.98 Å². The van der Waals surface area contributed by atoms with Gasteiger partial charge in [0.15, 0.2) is 19.7 Å². The predicted molar refractivity (Wildman–Crippen MR) is 237 cm³/mol. The van der Waals surface area contributed by atoms with E-state index in [1.54, 1.807) is 0 Å². The summed E-state index contributed by atoms with van der Waals surface area (Å²) in [5.74, 6) is 1.86. The fraction of sp³-hybridized carbons (Fsp3) is 0. The molecule has 0 saturated heterocycles. The van der Waals surface area contributed by atoms with Crippen LogP contribution in [0.15, 0.2) is 200 Å². The second-order valence-corrected chi connectivity index (χ2v) is 18.5. The van der Waals surface area contributed by atoms with Crippen LogP contribution in [-0.2, 0) is 0 Å². The monoisotopic (exact) mass is 743 g/mol. The van der Waals surface area contributed by atoms with Crippen LogP contribution in [0.3, 0.4) is 0 Å². The lowest BCUT2D eigenvalue weighted by atomic mass is 10.1. The van der Waals surface area contributed by atoms with E-state index in [1.807, 2.05) is 18.2 Å². The Balaban J connectivity index is 1.16. The number of aromatic nitrogens is 5. The fourth-order valence-electron chi connectivity index (χ4n) is 9.52. The molecule has 1 aliphatic heterocycles. The van der Waals surface area contributed by atoms with Crippen molar-refractivity contribution in [3.8, 4) is 34.4 Å². The van der Waals surface area contributed by atoms with Crippen molar-refractivity contribution in [1.82, 2.24) is 24.1 Å². The van der Waals surface area contributed by atoms with E-state index in [-0.39, 0.29) is 0 Å². The molecule has 8 aromatic carbocycles. The molecule has 4 heterocycles. The summed E-state index contributed by atoms with van der Waals surface area (Å²) in [5.41, 5.74) is 7.76. The van der Waals surface area contributed by atoms with Gasteiger partial charge >= 0.3 is 0 Å². The molecule has 0 fully saturated rings. The minimum absolute atomic E-state index is 0.592. The van der Waals surface area contributed by atoms with Gasteiger partial charge in [-0.2, -0.15) is 9.97 Å². The van der Waals surface area contributed by atoms with Gasteiger partial charge < -0.3 is 4.57 Å². The smallest absolute Gasteiger partial charge is 0.238 e. The van der Waals surface area contributed by atoms with Crippen LogP contribution in [-0.4, -0.2) is 32.2 Å². The van der Waals surface area contributed by atoms with E-state index in [4.69, 9.17) is 15.0 Å². The number of hydrogen-bond donors (Lipinski definition) is 0. The van der Waals surface area contributed by atoms with Crippen molar-refractivity contribution < 1.29 is 0 Å². The Bertz CT molecular complexity index is 3320. The molecule has 0 amide bonds. The Kier molecular flexibility index (Phi) is 6.88. The first-order chi connectivity index (χ1) is 28.3. The standard InChI is InChI=1S/C51H33N5Si/c1-3-17-34(18-4-1)49-52-50(54-51(53-49)56-43-28-11-7-23-38(43)39-24-8-12-29-44(39)56)35-19-15-22-37(33-35)57(36-20-5-2-6-21-36)46-31-14-13-30-45(46)55-42-27-10-9-25-40(42)41-26-16-32-47(57)48(41)55/h1-33H. The quantitative estimate of drug-likeness (QED) is 0.165. The summed E-state index contributed by atoms with van der Waals surface area (Å²) >= 11 is 0. The minimum Gasteiger partial charge on any atom is -0.309 e. The topological polar surface area (TPSA) is 48.5 Å². The van der Waals surface area contributed by atoms with Crippen LogP contribution in [0.25, 0.3) is 78.0 Å². The van der Waals surface area contributed by atoms with Gasteiger partial charge in [0.05, 0.1) is 22.1 Å². The highest BCUT2D eigenvalue weighted by Gasteiger charge is 2.47. The lowest BCUT2D eigenvalue weighted by Gasteiger charge is -2.39. The van der Waals surface area contributed by atoms with E-state index in [0.717, 1.165) is 32.9 Å². The number of fused-ring (bicyclic) bond motifs is 8. The largest absolute Gasteiger partial charge is 0.309 e. The third-order valence-electron chi connectivity index (χ3n) is 11.8. The molecule has 3 aromatic heterocycles. The molecule has 1 atom stereocenters. The molecular weight excluding hydrogens is 711 g/mol. The Labute approximate surface area is 329 Å². The van der Waals surface area contributed by atoms with Gasteiger partial charge in [0.25, 0.3) is 0 Å². The zero-order valence-electron chi connectivity index (χ0n) is 30.8. The Morgan fingerprint density at radius 2 is 0.842 bits per heavy atom. The van der Waals surface area contributed by atoms with Crippen molar-refractivity contribution in [2.45, 2.75) is 0 Å². The highest BCUT2D eigenvalue weighted by Crippen LogP contribution is 2.36. The Hall–Kier alpha value is -7.41. The molecule has 11 aromatic rings. The molecule has 6 heteroatoms. The van der Waals surface area contributed by atoms with E-state index in [9.17, 15) is 0 Å². The Morgan fingerprint density at radius 1 is 0.351 bits per heavy atom. The van der Waals surface area contributed by atoms with Gasteiger partial charge in [-0.15, -0.1) is 0 Å². The first-order valence-electron chi connectivity index (χ1n) is 19.4. The van der Waals surface area contributed by atoms with E-state index in [1.165, 1.54) is 48.2 Å². The molecule has 5 nitrogen and oxygen atoms in total. The lowest BCUT2D eigenvalue weighted by molar-refractivity contribution is 0.953. The van der Waals surface area contributed by atoms with Gasteiger partial charge in [0, 0.05) is 38.4 Å². The molecule has 12 rings (SSSR count). The van der Waals surface area contributed by atoms with Gasteiger partial charge in [-0.1, -0.05) is 176 Å². The predicted octanol–water partition coefficient (Wildman–Crippen LogP) is 9.09. The van der Waals surface area contributed by atoms with Gasteiger partial charge in [0.2, 0.25) is 5.95 Å². The number of nitrogens with zero attached hydrogens (tertiary/aromatic N) is 5. The zero-order valence-corrected chi connectivity index (χ0v) is 31.8. The number of rotatable bonds is 5. The minimum atomic E-state index is -2.95. The van der Waals surface area contributed by atoms with Crippen molar-refractivity contribution in [3.63, 3.8) is 0 Å². The summed E-state index contributed by atoms with van der Waals surface area (Å²) in [7, 11) is -2.95. The molecule has 57 heavy (non-hydrogen) atoms. The third-order valence-corrected chi connectivity index (χ3v) is 16.7. The summed E-state index contributed by atoms with van der Waals surface area (Å²) in [6.07, 6.45) is 0. The maximum Gasteiger partial charge on any atom is 0.238 e. The maximum absolute atomic E-state index is 5.35. The fourth-order valence-corrected chi connectivity index (χ4v) is 14.7. The number of para-hydroxylation sites is 5. The van der Waals surface area contributed by atoms with Crippen LogP contribution in [0.5, 0.6) is 0 Å². The van der Waals surface area contributed by atoms with Crippen molar-refractivity contribution in [2.24, 2.45) is 0 Å². The highest BCUT2D eigenvalue weighted by atomic mass is 28.3. The second kappa shape index (κ2) is 12.3. The third kappa shape index (κ3) is 4.53. The van der Waals surface area contributed by atoms with E-state index >= 15 is 0 Å². The first-order valence-corrected chi connectivity index (χ1v) is 21.4. The van der Waals surface area contributed by atoms with Crippen LogP contribution in [0.4, 0.5) is 0 Å². The summed E-state index contributed by atoms with van der Waals surface area (Å²) in [4.78, 5) is 15.8. The molecule has 0 aliphatic carbocycles. The van der Waals surface area contributed by atoms with E-state index in [0.29, 0.717) is 17.6 Å². The van der Waals surface area contributed by atoms with E-state index < -0.39 is 8.07 Å². The van der Waals surface area contributed by atoms with Crippen LogP contribution >= 0.6 is 0 Å². The SMILES string of the molecule is c1ccc(-c2nc(-c3cccc([Si]4(c5ccccc5)c5ccccc5-n5c6ccccc6c6cccc4c65)c3)nc(-n3c4ccccc4c4ccccc43)n2)cc1. The molecule has 0 radical (unpaired) electrons. The normalized spacial score (nSPS) is 14.7. The summed E-state index contributed by atoms with van der Waals surface area (Å²) in [6.45, 7) is 0. The molecule has 266 valence electrons. The molecule has 1 aliphatic rings. The van der Waals surface area contributed by atoms with Crippen molar-refractivity contribution >= 4 is 72.4 Å². The van der Waals surface area contributed by atoms with Crippen LogP contribution < -0.4 is 20.7 Å². The molecule has 0 spiro atoms. The highest BCUT2D eigenvalue weighted by molar-refractivity contribution is 7.21. The summed E-state index contributed by atoms with van der Waals surface area (Å²) < 4.78 is 4.69. The molecule has 0 N–H and O–H groups in total. The van der Waals surface area contributed by atoms with Crippen molar-refractivity contribution in [2.75, 3.05) is 0 Å². The van der Waals surface area contributed by atoms with Crippen LogP contribution in [0.2, 0.25) is 0 Å². The van der Waals surface area contributed by atoms with Crippen LogP contribution in [0.1, 0.15) is 0 Å². The van der Waals surface area contributed by atoms with Gasteiger partial charge in [0.1, 0.15) is 0 Å². The zero-order chi connectivity index (χ0) is 37.5. The summed E-state index contributed by atoms with van der Waals surface area (Å²) in [5, 5.41) is 10.2.